The van der Waals surface area contributed by atoms with Gasteiger partial charge < -0.3 is 10.2 Å². The van der Waals surface area contributed by atoms with Gasteiger partial charge in [-0.15, -0.1) is 0 Å². The summed E-state index contributed by atoms with van der Waals surface area (Å²) in [7, 11) is 0. The number of nitrogens with one attached hydrogen (secondary N) is 1. The minimum Gasteiger partial charge on any atom is -0.415 e. The van der Waals surface area contributed by atoms with Crippen LogP contribution in [0.2, 0.25) is 0 Å². The Morgan fingerprint density at radius 2 is 1.96 bits per heavy atom. The molecule has 0 saturated carbocycles. The predicted molar refractivity (Wildman–Crippen MR) is 87.5 cm³/mol. The van der Waals surface area contributed by atoms with E-state index in [0.29, 0.717) is 19.1 Å². The number of imide groups is 1. The molecule has 3 amide bonds. The van der Waals surface area contributed by atoms with Crippen LogP contribution in [-0.4, -0.2) is 47.2 Å². The Labute approximate surface area is 185 Å². The minimum absolute atomic E-state index is 0. The molecule has 0 aliphatic carbocycles. The average Bonchev–Trinajstić information content (AvgIpc) is 2.95. The van der Waals surface area contributed by atoms with E-state index < -0.39 is 6.03 Å². The molecule has 24 heavy (non-hydrogen) atoms. The summed E-state index contributed by atoms with van der Waals surface area (Å²) in [5.74, 6) is 0.254. The first-order valence-electron chi connectivity index (χ1n) is 8.14. The monoisotopic (exact) mass is 354 g/mol. The number of urea groups is 1. The Morgan fingerprint density at radius 1 is 1.25 bits per heavy atom. The van der Waals surface area contributed by atoms with E-state index in [1.165, 1.54) is 0 Å². The molecule has 0 aromatic heterocycles. The predicted octanol–water partition coefficient (Wildman–Crippen LogP) is -0.870. The fourth-order valence-electron chi connectivity index (χ4n) is 3.12. The number of carbonyl (C=O) groups is 2. The molecule has 1 aromatic carbocycles. The molecule has 7 heteroatoms. The van der Waals surface area contributed by atoms with E-state index in [-0.39, 0.29) is 69.5 Å². The number of nitrogens with zero attached hydrogens (tertiary/aromatic N) is 3. The van der Waals surface area contributed by atoms with Crippen LogP contribution in [0.3, 0.4) is 0 Å². The Kier molecular flexibility index (Phi) is 7.42. The number of hydrogen-bond acceptors (Lipinski definition) is 4. The topological polar surface area (TPSA) is 66.8 Å². The maximum Gasteiger partial charge on any atom is 1.00 e. The van der Waals surface area contributed by atoms with Crippen molar-refractivity contribution < 1.29 is 61.0 Å². The van der Waals surface area contributed by atoms with Crippen LogP contribution in [0.1, 0.15) is 25.8 Å². The molecule has 1 N–H and O–H groups in total. The van der Waals surface area contributed by atoms with E-state index in [1.807, 2.05) is 30.3 Å². The number of benzene rings is 1. The van der Waals surface area contributed by atoms with Crippen molar-refractivity contribution in [3.05, 3.63) is 41.2 Å². The number of fused-ring (bicyclic) bond motifs is 1. The van der Waals surface area contributed by atoms with E-state index in [2.05, 4.69) is 29.4 Å². The van der Waals surface area contributed by atoms with Gasteiger partial charge in [-0.1, -0.05) is 44.2 Å². The maximum absolute atomic E-state index is 12.2. The summed E-state index contributed by atoms with van der Waals surface area (Å²) in [6.45, 7) is 6.24. The van der Waals surface area contributed by atoms with Gasteiger partial charge in [0.15, 0.2) is 11.9 Å². The van der Waals surface area contributed by atoms with Gasteiger partial charge in [0, 0.05) is 19.4 Å². The molecule has 124 valence electrons. The molecule has 2 aliphatic rings. The summed E-state index contributed by atoms with van der Waals surface area (Å²) < 4.78 is 0. The molecule has 2 atom stereocenters. The molecule has 2 saturated heterocycles. The molecule has 2 heterocycles. The van der Waals surface area contributed by atoms with E-state index in [9.17, 15) is 9.59 Å². The fraction of sp³-hybridized carbons (Fsp3) is 0.529. The molecular weight excluding hydrogens is 331 g/mol. The number of carbonyl (C=O) groups excluding carboxylic acids is 2. The van der Waals surface area contributed by atoms with Crippen LogP contribution < -0.4 is 56.7 Å². The molecule has 1 aromatic rings. The zero-order valence-electron chi connectivity index (χ0n) is 14.6. The van der Waals surface area contributed by atoms with Gasteiger partial charge >= 0.3 is 51.4 Å². The normalized spacial score (nSPS) is 23.9. The summed E-state index contributed by atoms with van der Waals surface area (Å²) in [5.41, 5.74) is 1.03. The van der Waals surface area contributed by atoms with Crippen LogP contribution in [-0.2, 0) is 11.3 Å². The third-order valence-electron chi connectivity index (χ3n) is 4.43. The van der Waals surface area contributed by atoms with Crippen LogP contribution in [0, 0.1) is 5.92 Å². The van der Waals surface area contributed by atoms with E-state index >= 15 is 0 Å². The molecule has 6 nitrogen and oxygen atoms in total. The van der Waals surface area contributed by atoms with Gasteiger partial charge in [0.05, 0.1) is 6.04 Å². The number of rotatable bonds is 5. The Morgan fingerprint density at radius 3 is 2.62 bits per heavy atom. The molecule has 0 bridgehead atoms. The van der Waals surface area contributed by atoms with Crippen LogP contribution >= 0.6 is 0 Å². The van der Waals surface area contributed by atoms with Gasteiger partial charge in [0.25, 0.3) is 0 Å². The molecule has 0 radical (unpaired) electrons. The molecule has 2 unspecified atom stereocenters. The zero-order valence-corrected chi connectivity index (χ0v) is 17.7. The molecule has 2 fully saturated rings. The van der Waals surface area contributed by atoms with Gasteiger partial charge in [-0.3, -0.25) is 19.8 Å². The number of hydrogen-bond donors (Lipinski definition) is 1. The quantitative estimate of drug-likeness (QED) is 0.698. The van der Waals surface area contributed by atoms with E-state index in [0.717, 1.165) is 18.5 Å². The Hall–Kier alpha value is -0.284. The van der Waals surface area contributed by atoms with Crippen molar-refractivity contribution in [3.8, 4) is 0 Å². The van der Waals surface area contributed by atoms with Crippen molar-refractivity contribution in [2.24, 2.45) is 5.92 Å². The zero-order chi connectivity index (χ0) is 16.4. The smallest absolute Gasteiger partial charge is 0.415 e. The van der Waals surface area contributed by atoms with Gasteiger partial charge in [-0.2, -0.15) is 0 Å². The molecule has 3 rings (SSSR count). The first kappa shape index (κ1) is 20.0. The van der Waals surface area contributed by atoms with Crippen molar-refractivity contribution in [2.75, 3.05) is 13.2 Å². The SMILES string of the molecule is CC(C)CCN1CNC2C1C(=O)[N-]C(=O)N2Cc1ccccc1.[K+]. The van der Waals surface area contributed by atoms with Gasteiger partial charge in [0.2, 0.25) is 0 Å². The summed E-state index contributed by atoms with van der Waals surface area (Å²) in [5, 5.41) is 7.06. The first-order chi connectivity index (χ1) is 11.1. The first-order valence-corrected chi connectivity index (χ1v) is 8.14. The Bertz CT molecular complexity index is 581. The molecule has 2 aliphatic heterocycles. The van der Waals surface area contributed by atoms with Gasteiger partial charge in [-0.05, 0) is 24.4 Å². The second-order valence-electron chi connectivity index (χ2n) is 6.59. The summed E-state index contributed by atoms with van der Waals surface area (Å²) in [6, 6.07) is 8.98. The number of amides is 3. The minimum atomic E-state index is -0.446. The van der Waals surface area contributed by atoms with E-state index in [4.69, 9.17) is 0 Å². The van der Waals surface area contributed by atoms with Crippen molar-refractivity contribution in [3.63, 3.8) is 0 Å². The van der Waals surface area contributed by atoms with Gasteiger partial charge in [0.1, 0.15) is 0 Å². The van der Waals surface area contributed by atoms with Crippen LogP contribution in [0.15, 0.2) is 30.3 Å². The van der Waals surface area contributed by atoms with Crippen LogP contribution in [0.4, 0.5) is 4.79 Å². The van der Waals surface area contributed by atoms with E-state index in [1.54, 1.807) is 4.90 Å². The second-order valence-corrected chi connectivity index (χ2v) is 6.59. The molecule has 0 spiro atoms. The van der Waals surface area contributed by atoms with Crippen molar-refractivity contribution in [1.29, 1.82) is 0 Å². The third kappa shape index (κ3) is 4.46. The average molecular weight is 354 g/mol. The standard InChI is InChI=1S/C17H24N4O2.K/c1-12(2)8-9-20-11-18-15-14(20)16(22)19-17(23)21(15)10-13-6-4-3-5-7-13;/h3-7,12,14-15,18H,8-11H2,1-2H3,(H,19,22,23);/q;+1/p-1. The van der Waals surface area contributed by atoms with Crippen molar-refractivity contribution >= 4 is 11.9 Å². The third-order valence-corrected chi connectivity index (χ3v) is 4.43. The van der Waals surface area contributed by atoms with Gasteiger partial charge in [-0.25, -0.2) is 0 Å². The summed E-state index contributed by atoms with van der Waals surface area (Å²) in [4.78, 5) is 28.2. The Balaban J connectivity index is 0.00000208. The largest absolute Gasteiger partial charge is 1.00 e. The van der Waals surface area contributed by atoms with Crippen molar-refractivity contribution in [1.82, 2.24) is 15.1 Å². The van der Waals surface area contributed by atoms with Crippen molar-refractivity contribution in [2.45, 2.75) is 39.0 Å². The van der Waals surface area contributed by atoms with Crippen LogP contribution in [0.25, 0.3) is 5.32 Å². The molecular formula is C17H23KN4O2. The summed E-state index contributed by atoms with van der Waals surface area (Å²) in [6.07, 6.45) is 0.727. The van der Waals surface area contributed by atoms with Crippen LogP contribution in [0.5, 0.6) is 0 Å². The fourth-order valence-corrected chi connectivity index (χ4v) is 3.12. The summed E-state index contributed by atoms with van der Waals surface area (Å²) >= 11 is 0. The maximum atomic E-state index is 12.2. The second kappa shape index (κ2) is 8.89.